The molecule has 3 nitrogen and oxygen atoms in total. The van der Waals surface area contributed by atoms with Crippen molar-refractivity contribution >= 4 is 27.9 Å². The molecule has 1 fully saturated rings. The summed E-state index contributed by atoms with van der Waals surface area (Å²) in [6.45, 7) is 8.08. The summed E-state index contributed by atoms with van der Waals surface area (Å²) in [4.78, 5) is 16.6. The molecule has 1 atom stereocenters. The van der Waals surface area contributed by atoms with E-state index >= 15 is 0 Å². The van der Waals surface area contributed by atoms with Crippen LogP contribution in [0.25, 0.3) is 6.08 Å². The quantitative estimate of drug-likeness (QED) is 0.777. The number of rotatable bonds is 4. The average molecular weight is 351 g/mol. The smallest absolute Gasteiger partial charge is 0.246 e. The Morgan fingerprint density at radius 1 is 1.24 bits per heavy atom. The number of hydrogen-bond donors (Lipinski definition) is 0. The van der Waals surface area contributed by atoms with E-state index in [4.69, 9.17) is 0 Å². The molecule has 1 aromatic carbocycles. The summed E-state index contributed by atoms with van der Waals surface area (Å²) in [5, 5.41) is 0. The normalized spacial score (nSPS) is 18.1. The topological polar surface area (TPSA) is 23.6 Å². The molecule has 0 saturated carbocycles. The highest BCUT2D eigenvalue weighted by Gasteiger charge is 2.21. The van der Waals surface area contributed by atoms with Gasteiger partial charge in [0.05, 0.1) is 0 Å². The van der Waals surface area contributed by atoms with Gasteiger partial charge in [-0.05, 0) is 37.1 Å². The summed E-state index contributed by atoms with van der Waals surface area (Å²) in [5.41, 5.74) is 1.05. The second kappa shape index (κ2) is 7.76. The van der Waals surface area contributed by atoms with E-state index < -0.39 is 0 Å². The van der Waals surface area contributed by atoms with Crippen molar-refractivity contribution in [1.29, 1.82) is 0 Å². The highest BCUT2D eigenvalue weighted by Crippen LogP contribution is 2.12. The van der Waals surface area contributed by atoms with E-state index in [-0.39, 0.29) is 5.91 Å². The lowest BCUT2D eigenvalue weighted by molar-refractivity contribution is -0.127. The van der Waals surface area contributed by atoms with Crippen molar-refractivity contribution in [2.45, 2.75) is 26.3 Å². The van der Waals surface area contributed by atoms with E-state index in [0.29, 0.717) is 6.04 Å². The Balaban J connectivity index is 1.86. The van der Waals surface area contributed by atoms with E-state index in [1.54, 1.807) is 6.08 Å². The van der Waals surface area contributed by atoms with E-state index in [1.807, 2.05) is 35.2 Å². The number of halogens is 1. The van der Waals surface area contributed by atoms with Crippen LogP contribution in [0.4, 0.5) is 0 Å². The molecule has 0 N–H and O–H groups in total. The number of carbonyl (C=O) groups is 1. The van der Waals surface area contributed by atoms with Crippen LogP contribution in [-0.4, -0.2) is 47.9 Å². The van der Waals surface area contributed by atoms with E-state index in [0.717, 1.165) is 42.6 Å². The maximum Gasteiger partial charge on any atom is 0.246 e. The SMILES string of the molecule is CCC(C)N1CCN(C(=O)/C=C/c2ccc(Br)cc2)CC1. The van der Waals surface area contributed by atoms with E-state index in [2.05, 4.69) is 34.7 Å². The Kier molecular flexibility index (Phi) is 6.00. The van der Waals surface area contributed by atoms with Crippen molar-refractivity contribution in [2.75, 3.05) is 26.2 Å². The van der Waals surface area contributed by atoms with Crippen LogP contribution in [0, 0.1) is 0 Å². The van der Waals surface area contributed by atoms with Gasteiger partial charge in [0.15, 0.2) is 0 Å². The van der Waals surface area contributed by atoms with Crippen molar-refractivity contribution in [3.05, 3.63) is 40.4 Å². The molecule has 1 amide bonds. The van der Waals surface area contributed by atoms with Crippen molar-refractivity contribution < 1.29 is 4.79 Å². The minimum Gasteiger partial charge on any atom is -0.337 e. The first-order chi connectivity index (χ1) is 10.1. The molecule has 1 heterocycles. The zero-order valence-corrected chi connectivity index (χ0v) is 14.3. The minimum absolute atomic E-state index is 0.113. The molecular formula is C17H23BrN2O. The standard InChI is InChI=1S/C17H23BrN2O/c1-3-14(2)19-10-12-20(13-11-19)17(21)9-6-15-4-7-16(18)8-5-15/h4-9,14H,3,10-13H2,1-2H3/b9-6+. The summed E-state index contributed by atoms with van der Waals surface area (Å²) in [6, 6.07) is 8.56. The summed E-state index contributed by atoms with van der Waals surface area (Å²) in [5.74, 6) is 0.113. The lowest BCUT2D eigenvalue weighted by atomic mass is 10.2. The summed E-state index contributed by atoms with van der Waals surface area (Å²) >= 11 is 3.41. The molecule has 1 aliphatic heterocycles. The van der Waals surface area contributed by atoms with Crippen molar-refractivity contribution in [1.82, 2.24) is 9.80 Å². The van der Waals surface area contributed by atoms with Crippen LogP contribution in [0.5, 0.6) is 0 Å². The number of benzene rings is 1. The highest BCUT2D eigenvalue weighted by atomic mass is 79.9. The van der Waals surface area contributed by atoms with Gasteiger partial charge in [-0.2, -0.15) is 0 Å². The molecular weight excluding hydrogens is 328 g/mol. The molecule has 0 spiro atoms. The fraction of sp³-hybridized carbons (Fsp3) is 0.471. The van der Waals surface area contributed by atoms with Crippen LogP contribution in [0.3, 0.4) is 0 Å². The summed E-state index contributed by atoms with van der Waals surface area (Å²) < 4.78 is 1.05. The Labute approximate surface area is 135 Å². The first-order valence-electron chi connectivity index (χ1n) is 7.56. The molecule has 114 valence electrons. The second-order valence-electron chi connectivity index (χ2n) is 5.50. The van der Waals surface area contributed by atoms with Crippen molar-refractivity contribution in [2.24, 2.45) is 0 Å². The molecule has 1 unspecified atom stereocenters. The average Bonchev–Trinajstić information content (AvgIpc) is 2.53. The van der Waals surface area contributed by atoms with Crippen LogP contribution in [0.15, 0.2) is 34.8 Å². The van der Waals surface area contributed by atoms with Gasteiger partial charge in [-0.3, -0.25) is 9.69 Å². The largest absolute Gasteiger partial charge is 0.337 e. The molecule has 21 heavy (non-hydrogen) atoms. The molecule has 0 bridgehead atoms. The summed E-state index contributed by atoms with van der Waals surface area (Å²) in [6.07, 6.45) is 4.73. The van der Waals surface area contributed by atoms with E-state index in [9.17, 15) is 4.79 Å². The first kappa shape index (κ1) is 16.2. The number of hydrogen-bond acceptors (Lipinski definition) is 2. The molecule has 0 aromatic heterocycles. The minimum atomic E-state index is 0.113. The van der Waals surface area contributed by atoms with Gasteiger partial charge in [0.1, 0.15) is 0 Å². The van der Waals surface area contributed by atoms with Crippen molar-refractivity contribution in [3.63, 3.8) is 0 Å². The molecule has 0 radical (unpaired) electrons. The monoisotopic (exact) mass is 350 g/mol. The zero-order chi connectivity index (χ0) is 15.2. The Hall–Kier alpha value is -1.13. The number of carbonyl (C=O) groups excluding carboxylic acids is 1. The van der Waals surface area contributed by atoms with Crippen LogP contribution in [0.2, 0.25) is 0 Å². The van der Waals surface area contributed by atoms with Crippen LogP contribution < -0.4 is 0 Å². The predicted molar refractivity (Wildman–Crippen MR) is 91.1 cm³/mol. The van der Waals surface area contributed by atoms with Gasteiger partial charge < -0.3 is 4.90 Å². The second-order valence-corrected chi connectivity index (χ2v) is 6.42. The van der Waals surface area contributed by atoms with Crippen molar-refractivity contribution in [3.8, 4) is 0 Å². The number of nitrogens with zero attached hydrogens (tertiary/aromatic N) is 2. The Morgan fingerprint density at radius 2 is 1.86 bits per heavy atom. The third-order valence-corrected chi connectivity index (χ3v) is 4.66. The van der Waals surface area contributed by atoms with Gasteiger partial charge >= 0.3 is 0 Å². The lowest BCUT2D eigenvalue weighted by Gasteiger charge is -2.37. The van der Waals surface area contributed by atoms with Crippen LogP contribution in [0.1, 0.15) is 25.8 Å². The fourth-order valence-corrected chi connectivity index (χ4v) is 2.75. The zero-order valence-electron chi connectivity index (χ0n) is 12.8. The van der Waals surface area contributed by atoms with Gasteiger partial charge in [0.25, 0.3) is 0 Å². The third-order valence-electron chi connectivity index (χ3n) is 4.13. The van der Waals surface area contributed by atoms with Gasteiger partial charge in [-0.15, -0.1) is 0 Å². The molecule has 4 heteroatoms. The molecule has 1 aromatic rings. The summed E-state index contributed by atoms with van der Waals surface area (Å²) in [7, 11) is 0. The molecule has 1 saturated heterocycles. The van der Waals surface area contributed by atoms with Gasteiger partial charge in [0, 0.05) is 42.8 Å². The first-order valence-corrected chi connectivity index (χ1v) is 8.36. The van der Waals surface area contributed by atoms with Gasteiger partial charge in [0.2, 0.25) is 5.91 Å². The molecule has 1 aliphatic rings. The van der Waals surface area contributed by atoms with Gasteiger partial charge in [-0.1, -0.05) is 35.0 Å². The lowest BCUT2D eigenvalue weighted by Crippen LogP contribution is -2.50. The predicted octanol–water partition coefficient (Wildman–Crippen LogP) is 3.41. The van der Waals surface area contributed by atoms with Crippen LogP contribution in [-0.2, 0) is 4.79 Å². The maximum absolute atomic E-state index is 12.2. The molecule has 2 rings (SSSR count). The van der Waals surface area contributed by atoms with Crippen LogP contribution >= 0.6 is 15.9 Å². The fourth-order valence-electron chi connectivity index (χ4n) is 2.49. The Morgan fingerprint density at radius 3 is 2.43 bits per heavy atom. The Bertz CT molecular complexity index is 490. The maximum atomic E-state index is 12.2. The third kappa shape index (κ3) is 4.68. The number of amides is 1. The highest BCUT2D eigenvalue weighted by molar-refractivity contribution is 9.10. The van der Waals surface area contributed by atoms with Gasteiger partial charge in [-0.25, -0.2) is 0 Å². The van der Waals surface area contributed by atoms with E-state index in [1.165, 1.54) is 0 Å². The number of piperazine rings is 1. The molecule has 0 aliphatic carbocycles.